The lowest BCUT2D eigenvalue weighted by Crippen LogP contribution is -2.47. The van der Waals surface area contributed by atoms with Crippen molar-refractivity contribution in [2.45, 2.75) is 18.5 Å². The first-order valence-corrected chi connectivity index (χ1v) is 2.48. The first-order valence-electron chi connectivity index (χ1n) is 2.48. The number of nitriles is 2. The van der Waals surface area contributed by atoms with Crippen molar-refractivity contribution in [2.75, 3.05) is 0 Å². The summed E-state index contributed by atoms with van der Waals surface area (Å²) >= 11 is 0. The molecular formula is C5H8N4. The van der Waals surface area contributed by atoms with Crippen LogP contribution in [-0.4, -0.2) is 5.66 Å². The van der Waals surface area contributed by atoms with Gasteiger partial charge in [0.2, 0.25) is 0 Å². The van der Waals surface area contributed by atoms with E-state index < -0.39 is 5.66 Å². The van der Waals surface area contributed by atoms with Crippen LogP contribution in [0, 0.1) is 22.7 Å². The van der Waals surface area contributed by atoms with Gasteiger partial charge in [0.1, 0.15) is 6.07 Å². The lowest BCUT2D eigenvalue weighted by molar-refractivity contribution is 0.527. The highest BCUT2D eigenvalue weighted by atomic mass is 14.9. The van der Waals surface area contributed by atoms with Gasteiger partial charge in [-0.15, -0.1) is 0 Å². The molecule has 0 rings (SSSR count). The molecule has 0 atom stereocenters. The zero-order chi connectivity index (χ0) is 7.33. The molecule has 4 nitrogen and oxygen atoms in total. The minimum absolute atomic E-state index is 0.222. The molecule has 0 aliphatic heterocycles. The molecule has 0 spiro atoms. The van der Waals surface area contributed by atoms with Gasteiger partial charge in [-0.05, 0) is 0 Å². The van der Waals surface area contributed by atoms with Crippen LogP contribution >= 0.6 is 0 Å². The maximum Gasteiger partial charge on any atom is 0.154 e. The monoisotopic (exact) mass is 124 g/mol. The van der Waals surface area contributed by atoms with E-state index in [4.69, 9.17) is 22.0 Å². The largest absolute Gasteiger partial charge is 0.301 e. The van der Waals surface area contributed by atoms with Crippen LogP contribution < -0.4 is 11.5 Å². The van der Waals surface area contributed by atoms with Crippen LogP contribution in [0.5, 0.6) is 0 Å². The Bertz CT molecular complexity index is 159. The summed E-state index contributed by atoms with van der Waals surface area (Å²) in [5.41, 5.74) is 9.01. The van der Waals surface area contributed by atoms with Gasteiger partial charge in [-0.3, -0.25) is 0 Å². The molecule has 0 saturated carbocycles. The second-order valence-corrected chi connectivity index (χ2v) is 1.81. The zero-order valence-corrected chi connectivity index (χ0v) is 4.96. The molecule has 0 heterocycles. The van der Waals surface area contributed by atoms with Crippen molar-refractivity contribution in [3.8, 4) is 12.1 Å². The van der Waals surface area contributed by atoms with Gasteiger partial charge in [0.05, 0.1) is 6.07 Å². The van der Waals surface area contributed by atoms with Gasteiger partial charge in [0.25, 0.3) is 0 Å². The summed E-state index contributed by atoms with van der Waals surface area (Å²) in [6, 6.07) is 3.53. The molecule has 0 amide bonds. The van der Waals surface area contributed by atoms with Crippen molar-refractivity contribution in [3.63, 3.8) is 0 Å². The summed E-state index contributed by atoms with van der Waals surface area (Å²) in [6.45, 7) is 0. The van der Waals surface area contributed by atoms with E-state index in [0.717, 1.165) is 0 Å². The van der Waals surface area contributed by atoms with E-state index in [1.165, 1.54) is 0 Å². The third-order valence-corrected chi connectivity index (χ3v) is 0.859. The fraction of sp³-hybridized carbons (Fsp3) is 0.600. The van der Waals surface area contributed by atoms with Gasteiger partial charge in [-0.25, -0.2) is 0 Å². The summed E-state index contributed by atoms with van der Waals surface area (Å²) in [4.78, 5) is 0. The lowest BCUT2D eigenvalue weighted by Gasteiger charge is -2.11. The van der Waals surface area contributed by atoms with E-state index in [1.807, 2.05) is 6.07 Å². The quantitative estimate of drug-likeness (QED) is 0.481. The van der Waals surface area contributed by atoms with Gasteiger partial charge in [-0.1, -0.05) is 0 Å². The number of nitrogens with zero attached hydrogens (tertiary/aromatic N) is 2. The average molecular weight is 124 g/mol. The Kier molecular flexibility index (Phi) is 2.66. The molecule has 0 bridgehead atoms. The van der Waals surface area contributed by atoms with E-state index in [1.54, 1.807) is 6.07 Å². The molecule has 0 fully saturated rings. The molecule has 0 radical (unpaired) electrons. The van der Waals surface area contributed by atoms with Crippen LogP contribution in [-0.2, 0) is 0 Å². The number of nitrogens with two attached hydrogens (primary N) is 2. The minimum Gasteiger partial charge on any atom is -0.301 e. The van der Waals surface area contributed by atoms with Crippen LogP contribution in [0.4, 0.5) is 0 Å². The van der Waals surface area contributed by atoms with Crippen molar-refractivity contribution in [1.29, 1.82) is 10.5 Å². The van der Waals surface area contributed by atoms with Crippen molar-refractivity contribution in [2.24, 2.45) is 11.5 Å². The molecule has 0 aromatic rings. The van der Waals surface area contributed by atoms with Crippen molar-refractivity contribution in [3.05, 3.63) is 0 Å². The van der Waals surface area contributed by atoms with Gasteiger partial charge in [0, 0.05) is 12.8 Å². The highest BCUT2D eigenvalue weighted by Gasteiger charge is 2.15. The van der Waals surface area contributed by atoms with E-state index in [0.29, 0.717) is 0 Å². The topological polar surface area (TPSA) is 99.6 Å². The molecule has 0 aliphatic carbocycles. The third kappa shape index (κ3) is 3.48. The van der Waals surface area contributed by atoms with Crippen LogP contribution in [0.2, 0.25) is 0 Å². The van der Waals surface area contributed by atoms with E-state index in [2.05, 4.69) is 0 Å². The molecule has 0 aromatic heterocycles. The molecular weight excluding hydrogens is 116 g/mol. The SMILES string of the molecule is N#CCCC(N)(N)C#N. The van der Waals surface area contributed by atoms with E-state index in [9.17, 15) is 0 Å². The predicted octanol–water partition coefficient (Wildman–Crippen LogP) is -0.573. The Morgan fingerprint density at radius 2 is 1.89 bits per heavy atom. The van der Waals surface area contributed by atoms with Crippen LogP contribution in [0.25, 0.3) is 0 Å². The molecule has 4 N–H and O–H groups in total. The highest BCUT2D eigenvalue weighted by molar-refractivity contribution is 5.00. The maximum atomic E-state index is 8.21. The maximum absolute atomic E-state index is 8.21. The van der Waals surface area contributed by atoms with Gasteiger partial charge < -0.3 is 11.5 Å². The number of hydrogen-bond donors (Lipinski definition) is 2. The van der Waals surface area contributed by atoms with Crippen molar-refractivity contribution < 1.29 is 0 Å². The zero-order valence-electron chi connectivity index (χ0n) is 4.96. The van der Waals surface area contributed by atoms with E-state index >= 15 is 0 Å². The van der Waals surface area contributed by atoms with Gasteiger partial charge in [-0.2, -0.15) is 10.5 Å². The van der Waals surface area contributed by atoms with Crippen molar-refractivity contribution >= 4 is 0 Å². The van der Waals surface area contributed by atoms with E-state index in [-0.39, 0.29) is 12.8 Å². The third-order valence-electron chi connectivity index (χ3n) is 0.859. The standard InChI is InChI=1S/C5H8N4/c6-3-1-2-5(8,9)4-7/h1-2,8-9H2. The predicted molar refractivity (Wildman–Crippen MR) is 31.6 cm³/mol. The van der Waals surface area contributed by atoms with Gasteiger partial charge >= 0.3 is 0 Å². The average Bonchev–Trinajstić information content (AvgIpc) is 1.84. The fourth-order valence-electron chi connectivity index (χ4n) is 0.319. The smallest absolute Gasteiger partial charge is 0.154 e. The normalized spacial score (nSPS) is 9.78. The fourth-order valence-corrected chi connectivity index (χ4v) is 0.319. The summed E-state index contributed by atoms with van der Waals surface area (Å²) in [6.07, 6.45) is 0.445. The first kappa shape index (κ1) is 7.90. The second kappa shape index (κ2) is 3.03. The van der Waals surface area contributed by atoms with Gasteiger partial charge in [0.15, 0.2) is 5.66 Å². The van der Waals surface area contributed by atoms with Crippen LogP contribution in [0.1, 0.15) is 12.8 Å². The number of hydrogen-bond acceptors (Lipinski definition) is 4. The Morgan fingerprint density at radius 3 is 2.22 bits per heavy atom. The Morgan fingerprint density at radius 1 is 1.33 bits per heavy atom. The minimum atomic E-state index is -1.32. The molecule has 0 aliphatic rings. The molecule has 0 unspecified atom stereocenters. The van der Waals surface area contributed by atoms with Crippen LogP contribution in [0.3, 0.4) is 0 Å². The molecule has 0 aromatic carbocycles. The number of rotatable bonds is 2. The second-order valence-electron chi connectivity index (χ2n) is 1.81. The molecule has 4 heteroatoms. The Balaban J connectivity index is 3.65. The molecule has 9 heavy (non-hydrogen) atoms. The summed E-state index contributed by atoms with van der Waals surface area (Å²) in [7, 11) is 0. The van der Waals surface area contributed by atoms with Crippen LogP contribution in [0.15, 0.2) is 0 Å². The summed E-state index contributed by atoms with van der Waals surface area (Å²) in [5, 5.41) is 16.3. The van der Waals surface area contributed by atoms with Crippen molar-refractivity contribution in [1.82, 2.24) is 0 Å². The Hall–Kier alpha value is -1.10. The Labute approximate surface area is 53.7 Å². The summed E-state index contributed by atoms with van der Waals surface area (Å²) in [5.74, 6) is 0. The lowest BCUT2D eigenvalue weighted by atomic mass is 10.1. The summed E-state index contributed by atoms with van der Waals surface area (Å²) < 4.78 is 0. The molecule has 0 saturated heterocycles. The highest BCUT2D eigenvalue weighted by Crippen LogP contribution is 1.98. The molecule has 48 valence electrons. The first-order chi connectivity index (χ1) is 4.12.